The van der Waals surface area contributed by atoms with Gasteiger partial charge in [0, 0.05) is 26.2 Å². The number of rotatable bonds is 7. The molecule has 0 unspecified atom stereocenters. The van der Waals surface area contributed by atoms with Gasteiger partial charge in [0.1, 0.15) is 0 Å². The van der Waals surface area contributed by atoms with Gasteiger partial charge in [0.25, 0.3) is 0 Å². The van der Waals surface area contributed by atoms with Crippen LogP contribution in [0.25, 0.3) is 0 Å². The first-order valence-corrected chi connectivity index (χ1v) is 7.25. The molecule has 1 heterocycles. The zero-order valence-corrected chi connectivity index (χ0v) is 11.8. The van der Waals surface area contributed by atoms with E-state index in [2.05, 4.69) is 48.5 Å². The van der Waals surface area contributed by atoms with E-state index >= 15 is 0 Å². The molecule has 0 amide bonds. The lowest BCUT2D eigenvalue weighted by Crippen LogP contribution is -2.47. The van der Waals surface area contributed by atoms with Gasteiger partial charge in [0.2, 0.25) is 0 Å². The summed E-state index contributed by atoms with van der Waals surface area (Å²) >= 11 is 0. The summed E-state index contributed by atoms with van der Waals surface area (Å²) in [4.78, 5) is 2.46. The summed E-state index contributed by atoms with van der Waals surface area (Å²) in [5, 5.41) is 3.33. The summed E-state index contributed by atoms with van der Waals surface area (Å²) in [5.74, 6) is 0.877. The van der Waals surface area contributed by atoms with Crippen molar-refractivity contribution in [3.8, 4) is 0 Å². The van der Waals surface area contributed by atoms with E-state index < -0.39 is 0 Å². The van der Waals surface area contributed by atoms with Crippen LogP contribution in [0.15, 0.2) is 24.3 Å². The minimum Gasteiger partial charge on any atom is -0.316 e. The average Bonchev–Trinajstić information content (AvgIpc) is 2.33. The Balaban J connectivity index is 1.71. The fraction of sp³-hybridized carbons (Fsp3) is 0.625. The highest BCUT2D eigenvalue weighted by Crippen LogP contribution is 2.09. The minimum absolute atomic E-state index is 0.877. The lowest BCUT2D eigenvalue weighted by Gasteiger charge is -2.31. The summed E-state index contributed by atoms with van der Waals surface area (Å²) in [6, 6.07) is 9.16. The van der Waals surface area contributed by atoms with Crippen LogP contribution in [0.5, 0.6) is 0 Å². The van der Waals surface area contributed by atoms with Crippen molar-refractivity contribution >= 4 is 0 Å². The third kappa shape index (κ3) is 4.11. The Morgan fingerprint density at radius 2 is 1.72 bits per heavy atom. The van der Waals surface area contributed by atoms with Crippen molar-refractivity contribution in [1.82, 2.24) is 10.2 Å². The van der Waals surface area contributed by atoms with Crippen molar-refractivity contribution in [1.29, 1.82) is 0 Å². The van der Waals surface area contributed by atoms with Gasteiger partial charge in [0.15, 0.2) is 0 Å². The van der Waals surface area contributed by atoms with Crippen molar-refractivity contribution < 1.29 is 0 Å². The first-order chi connectivity index (χ1) is 8.78. The predicted octanol–water partition coefficient (Wildman–Crippen LogP) is 2.33. The normalized spacial score (nSPS) is 15.9. The van der Waals surface area contributed by atoms with Crippen LogP contribution in [-0.2, 0) is 12.8 Å². The molecule has 0 aliphatic carbocycles. The average molecular weight is 246 g/mol. The van der Waals surface area contributed by atoms with Crippen LogP contribution in [0, 0.1) is 5.92 Å². The molecule has 1 aromatic rings. The quantitative estimate of drug-likeness (QED) is 0.794. The largest absolute Gasteiger partial charge is 0.316 e. The maximum absolute atomic E-state index is 3.33. The van der Waals surface area contributed by atoms with Gasteiger partial charge in [-0.15, -0.1) is 0 Å². The number of hydrogen-bond acceptors (Lipinski definition) is 2. The maximum Gasteiger partial charge on any atom is 0.00311 e. The highest BCUT2D eigenvalue weighted by Gasteiger charge is 2.17. The third-order valence-electron chi connectivity index (χ3n) is 3.78. The summed E-state index contributed by atoms with van der Waals surface area (Å²) < 4.78 is 0. The molecule has 0 bridgehead atoms. The highest BCUT2D eigenvalue weighted by atomic mass is 15.1. The summed E-state index contributed by atoms with van der Waals surface area (Å²) in [6.45, 7) is 7.05. The van der Waals surface area contributed by atoms with Crippen molar-refractivity contribution in [3.05, 3.63) is 35.4 Å². The zero-order valence-electron chi connectivity index (χ0n) is 11.8. The summed E-state index contributed by atoms with van der Waals surface area (Å²) in [7, 11) is 2.24. The van der Waals surface area contributed by atoms with Crippen LogP contribution in [0.4, 0.5) is 0 Å². The van der Waals surface area contributed by atoms with Crippen molar-refractivity contribution in [2.45, 2.75) is 26.2 Å². The fourth-order valence-electron chi connectivity index (χ4n) is 2.49. The lowest BCUT2D eigenvalue weighted by molar-refractivity contribution is 0.226. The number of likely N-dealkylation sites (N-methyl/N-ethyl adjacent to an activating group) is 1. The Hall–Kier alpha value is -0.860. The molecule has 2 rings (SSSR count). The first kappa shape index (κ1) is 13.6. The van der Waals surface area contributed by atoms with E-state index in [1.807, 2.05) is 0 Å². The van der Waals surface area contributed by atoms with Gasteiger partial charge in [-0.25, -0.2) is 0 Å². The SMILES string of the molecule is CCCc1ccc(CCN(C)CC2CNC2)cc1. The topological polar surface area (TPSA) is 15.3 Å². The summed E-state index contributed by atoms with van der Waals surface area (Å²) in [5.41, 5.74) is 2.93. The fourth-order valence-corrected chi connectivity index (χ4v) is 2.49. The second-order valence-corrected chi connectivity index (χ2v) is 5.60. The molecule has 1 saturated heterocycles. The van der Waals surface area contributed by atoms with Gasteiger partial charge < -0.3 is 10.2 Å². The number of benzene rings is 1. The molecule has 0 spiro atoms. The molecule has 1 fully saturated rings. The maximum atomic E-state index is 3.33. The summed E-state index contributed by atoms with van der Waals surface area (Å²) in [6.07, 6.45) is 3.61. The Morgan fingerprint density at radius 1 is 1.11 bits per heavy atom. The van der Waals surface area contributed by atoms with Crippen LogP contribution in [0.2, 0.25) is 0 Å². The van der Waals surface area contributed by atoms with Gasteiger partial charge in [-0.3, -0.25) is 0 Å². The van der Waals surface area contributed by atoms with Gasteiger partial charge >= 0.3 is 0 Å². The zero-order chi connectivity index (χ0) is 12.8. The van der Waals surface area contributed by atoms with Gasteiger partial charge in [0.05, 0.1) is 0 Å². The van der Waals surface area contributed by atoms with Crippen LogP contribution in [0.1, 0.15) is 24.5 Å². The second-order valence-electron chi connectivity index (χ2n) is 5.60. The molecule has 1 aliphatic heterocycles. The molecule has 1 N–H and O–H groups in total. The highest BCUT2D eigenvalue weighted by molar-refractivity contribution is 5.22. The second kappa shape index (κ2) is 6.91. The van der Waals surface area contributed by atoms with E-state index in [1.54, 1.807) is 0 Å². The van der Waals surface area contributed by atoms with Crippen molar-refractivity contribution in [3.63, 3.8) is 0 Å². The molecule has 100 valence electrons. The van der Waals surface area contributed by atoms with Crippen molar-refractivity contribution in [2.75, 3.05) is 33.2 Å². The van der Waals surface area contributed by atoms with Crippen LogP contribution >= 0.6 is 0 Å². The molecule has 0 saturated carbocycles. The molecule has 0 atom stereocenters. The van der Waals surface area contributed by atoms with Crippen molar-refractivity contribution in [2.24, 2.45) is 5.92 Å². The van der Waals surface area contributed by atoms with Crippen LogP contribution < -0.4 is 5.32 Å². The Labute approximate surface area is 111 Å². The smallest absolute Gasteiger partial charge is 0.00311 e. The molecular formula is C16H26N2. The molecule has 0 radical (unpaired) electrons. The van der Waals surface area contributed by atoms with Gasteiger partial charge in [-0.1, -0.05) is 37.6 Å². The molecule has 1 aromatic carbocycles. The van der Waals surface area contributed by atoms with Gasteiger partial charge in [-0.05, 0) is 36.9 Å². The monoisotopic (exact) mass is 246 g/mol. The van der Waals surface area contributed by atoms with E-state index in [0.29, 0.717) is 0 Å². The molecular weight excluding hydrogens is 220 g/mol. The minimum atomic E-state index is 0.877. The Kier molecular flexibility index (Phi) is 5.21. The Bertz CT molecular complexity index is 341. The molecule has 18 heavy (non-hydrogen) atoms. The molecule has 1 aliphatic rings. The van der Waals surface area contributed by atoms with Crippen LogP contribution in [0.3, 0.4) is 0 Å². The van der Waals surface area contributed by atoms with E-state index in [-0.39, 0.29) is 0 Å². The standard InChI is InChI=1S/C16H26N2/c1-3-4-14-5-7-15(8-6-14)9-10-18(2)13-16-11-17-12-16/h5-8,16-17H,3-4,9-13H2,1-2H3. The number of nitrogens with zero attached hydrogens (tertiary/aromatic N) is 1. The molecule has 0 aromatic heterocycles. The third-order valence-corrected chi connectivity index (χ3v) is 3.78. The van der Waals surface area contributed by atoms with E-state index in [4.69, 9.17) is 0 Å². The predicted molar refractivity (Wildman–Crippen MR) is 78.0 cm³/mol. The number of nitrogens with one attached hydrogen (secondary N) is 1. The number of aryl methyl sites for hydroxylation is 1. The Morgan fingerprint density at radius 3 is 2.22 bits per heavy atom. The van der Waals surface area contributed by atoms with Gasteiger partial charge in [-0.2, -0.15) is 0 Å². The molecule has 2 heteroatoms. The molecule has 2 nitrogen and oxygen atoms in total. The van der Waals surface area contributed by atoms with E-state index in [0.717, 1.165) is 5.92 Å². The van der Waals surface area contributed by atoms with E-state index in [9.17, 15) is 0 Å². The number of hydrogen-bond donors (Lipinski definition) is 1. The lowest BCUT2D eigenvalue weighted by atomic mass is 10.0. The first-order valence-electron chi connectivity index (χ1n) is 7.25. The van der Waals surface area contributed by atoms with Crippen LogP contribution in [-0.4, -0.2) is 38.1 Å². The van der Waals surface area contributed by atoms with E-state index in [1.165, 1.54) is 56.6 Å².